The first-order valence-electron chi connectivity index (χ1n) is 9.31. The van der Waals surface area contributed by atoms with Gasteiger partial charge in [0.1, 0.15) is 0 Å². The quantitative estimate of drug-likeness (QED) is 0.673. The number of amides is 1. The summed E-state index contributed by atoms with van der Waals surface area (Å²) in [7, 11) is 0. The van der Waals surface area contributed by atoms with Crippen LogP contribution in [-0.2, 0) is 23.6 Å². The van der Waals surface area contributed by atoms with E-state index in [0.717, 1.165) is 25.4 Å². The van der Waals surface area contributed by atoms with Crippen LogP contribution in [0, 0.1) is 6.92 Å². The Bertz CT molecular complexity index is 698. The van der Waals surface area contributed by atoms with Gasteiger partial charge in [0.25, 0.3) is 0 Å². The summed E-state index contributed by atoms with van der Waals surface area (Å²) < 4.78 is 0. The van der Waals surface area contributed by atoms with Gasteiger partial charge in [0.2, 0.25) is 5.91 Å². The Morgan fingerprint density at radius 1 is 1.04 bits per heavy atom. The SMILES string of the molecule is CCN(CC)Cc1ccccc1CNC(=O)CSCc1cccc(C)c1. The predicted octanol–water partition coefficient (Wildman–Crippen LogP) is 4.39. The Morgan fingerprint density at radius 3 is 2.46 bits per heavy atom. The number of aryl methyl sites for hydroxylation is 1. The first-order chi connectivity index (χ1) is 12.6. The highest BCUT2D eigenvalue weighted by molar-refractivity contribution is 7.99. The largest absolute Gasteiger partial charge is 0.351 e. The number of nitrogens with one attached hydrogen (secondary N) is 1. The maximum Gasteiger partial charge on any atom is 0.230 e. The number of carbonyl (C=O) groups is 1. The molecule has 26 heavy (non-hydrogen) atoms. The molecule has 0 saturated heterocycles. The van der Waals surface area contributed by atoms with Crippen molar-refractivity contribution < 1.29 is 4.79 Å². The summed E-state index contributed by atoms with van der Waals surface area (Å²) in [5, 5.41) is 3.07. The molecule has 0 radical (unpaired) electrons. The van der Waals surface area contributed by atoms with Crippen LogP contribution in [0.15, 0.2) is 48.5 Å². The molecule has 0 aliphatic carbocycles. The first-order valence-corrected chi connectivity index (χ1v) is 10.5. The van der Waals surface area contributed by atoms with Crippen molar-refractivity contribution in [1.29, 1.82) is 0 Å². The van der Waals surface area contributed by atoms with Crippen molar-refractivity contribution >= 4 is 17.7 Å². The van der Waals surface area contributed by atoms with Gasteiger partial charge in [0.05, 0.1) is 5.75 Å². The number of carbonyl (C=O) groups excluding carboxylic acids is 1. The van der Waals surface area contributed by atoms with Gasteiger partial charge in [-0.3, -0.25) is 9.69 Å². The fraction of sp³-hybridized carbons (Fsp3) is 0.409. The molecular weight excluding hydrogens is 340 g/mol. The zero-order chi connectivity index (χ0) is 18.8. The molecule has 0 unspecified atom stereocenters. The van der Waals surface area contributed by atoms with E-state index in [1.54, 1.807) is 11.8 Å². The van der Waals surface area contributed by atoms with Crippen molar-refractivity contribution in [2.45, 2.75) is 39.6 Å². The minimum Gasteiger partial charge on any atom is -0.351 e. The summed E-state index contributed by atoms with van der Waals surface area (Å²) in [6, 6.07) is 16.8. The van der Waals surface area contributed by atoms with Crippen LogP contribution < -0.4 is 5.32 Å². The second kappa shape index (κ2) is 11.0. The Hall–Kier alpha value is -1.78. The molecule has 0 heterocycles. The lowest BCUT2D eigenvalue weighted by Crippen LogP contribution is -2.27. The van der Waals surface area contributed by atoms with E-state index in [0.29, 0.717) is 12.3 Å². The van der Waals surface area contributed by atoms with Gasteiger partial charge in [-0.2, -0.15) is 0 Å². The van der Waals surface area contributed by atoms with Crippen LogP contribution in [0.1, 0.15) is 36.1 Å². The Morgan fingerprint density at radius 2 is 1.77 bits per heavy atom. The minimum atomic E-state index is 0.0975. The fourth-order valence-electron chi connectivity index (χ4n) is 2.88. The van der Waals surface area contributed by atoms with E-state index in [4.69, 9.17) is 0 Å². The van der Waals surface area contributed by atoms with Crippen molar-refractivity contribution in [2.75, 3.05) is 18.8 Å². The maximum absolute atomic E-state index is 12.2. The van der Waals surface area contributed by atoms with Gasteiger partial charge in [-0.25, -0.2) is 0 Å². The maximum atomic E-state index is 12.2. The highest BCUT2D eigenvalue weighted by atomic mass is 32.2. The van der Waals surface area contributed by atoms with Gasteiger partial charge >= 0.3 is 0 Å². The van der Waals surface area contributed by atoms with E-state index in [9.17, 15) is 4.79 Å². The van der Waals surface area contributed by atoms with Crippen LogP contribution in [0.5, 0.6) is 0 Å². The third-order valence-corrected chi connectivity index (χ3v) is 5.47. The van der Waals surface area contributed by atoms with Crippen LogP contribution in [0.3, 0.4) is 0 Å². The first kappa shape index (κ1) is 20.5. The standard InChI is InChI=1S/C22H30N2OS/c1-4-24(5-2)15-21-12-7-6-11-20(21)14-23-22(25)17-26-16-19-10-8-9-18(3)13-19/h6-13H,4-5,14-17H2,1-3H3,(H,23,25). The van der Waals surface area contributed by atoms with Crippen molar-refractivity contribution in [1.82, 2.24) is 10.2 Å². The lowest BCUT2D eigenvalue weighted by Gasteiger charge is -2.20. The second-order valence-electron chi connectivity index (χ2n) is 6.49. The summed E-state index contributed by atoms with van der Waals surface area (Å²) in [6.07, 6.45) is 0. The highest BCUT2D eigenvalue weighted by Gasteiger charge is 2.08. The molecule has 0 bridgehead atoms. The lowest BCUT2D eigenvalue weighted by molar-refractivity contribution is -0.118. The molecule has 2 aromatic carbocycles. The van der Waals surface area contributed by atoms with Gasteiger partial charge in [0, 0.05) is 18.8 Å². The molecule has 0 atom stereocenters. The monoisotopic (exact) mass is 370 g/mol. The molecule has 0 aromatic heterocycles. The van der Waals surface area contributed by atoms with Crippen LogP contribution >= 0.6 is 11.8 Å². The number of benzene rings is 2. The van der Waals surface area contributed by atoms with Gasteiger partial charge in [0.15, 0.2) is 0 Å². The smallest absolute Gasteiger partial charge is 0.230 e. The molecule has 1 amide bonds. The van der Waals surface area contributed by atoms with Crippen LogP contribution in [0.4, 0.5) is 0 Å². The van der Waals surface area contributed by atoms with Crippen LogP contribution in [0.25, 0.3) is 0 Å². The van der Waals surface area contributed by atoms with Crippen LogP contribution in [-0.4, -0.2) is 29.6 Å². The zero-order valence-electron chi connectivity index (χ0n) is 16.1. The Balaban J connectivity index is 1.80. The predicted molar refractivity (Wildman–Crippen MR) is 112 cm³/mol. The molecule has 140 valence electrons. The van der Waals surface area contributed by atoms with Crippen molar-refractivity contribution in [2.24, 2.45) is 0 Å². The van der Waals surface area contributed by atoms with Crippen molar-refractivity contribution in [3.8, 4) is 0 Å². The number of thioether (sulfide) groups is 1. The average molecular weight is 371 g/mol. The zero-order valence-corrected chi connectivity index (χ0v) is 16.9. The molecule has 0 aliphatic rings. The minimum absolute atomic E-state index is 0.0975. The molecule has 0 fully saturated rings. The molecule has 0 saturated carbocycles. The topological polar surface area (TPSA) is 32.3 Å². The summed E-state index contributed by atoms with van der Waals surface area (Å²) in [5.41, 5.74) is 5.03. The average Bonchev–Trinajstić information content (AvgIpc) is 2.65. The molecule has 0 aliphatic heterocycles. The van der Waals surface area contributed by atoms with E-state index in [2.05, 4.69) is 73.5 Å². The molecule has 4 heteroatoms. The fourth-order valence-corrected chi connectivity index (χ4v) is 3.69. The molecule has 1 N–H and O–H groups in total. The van der Waals surface area contributed by atoms with Crippen LogP contribution in [0.2, 0.25) is 0 Å². The van der Waals surface area contributed by atoms with E-state index < -0.39 is 0 Å². The van der Waals surface area contributed by atoms with E-state index in [1.807, 2.05) is 6.07 Å². The lowest BCUT2D eigenvalue weighted by atomic mass is 10.1. The molecule has 2 rings (SSSR count). The summed E-state index contributed by atoms with van der Waals surface area (Å²) in [4.78, 5) is 14.6. The van der Waals surface area contributed by atoms with Gasteiger partial charge < -0.3 is 5.32 Å². The Kier molecular flexibility index (Phi) is 8.72. The second-order valence-corrected chi connectivity index (χ2v) is 7.47. The summed E-state index contributed by atoms with van der Waals surface area (Å²) >= 11 is 1.66. The van der Waals surface area contributed by atoms with E-state index in [1.165, 1.54) is 22.3 Å². The third kappa shape index (κ3) is 6.85. The molecule has 0 spiro atoms. The van der Waals surface area contributed by atoms with Crippen molar-refractivity contribution in [3.05, 3.63) is 70.8 Å². The van der Waals surface area contributed by atoms with Crippen molar-refractivity contribution in [3.63, 3.8) is 0 Å². The Labute approximate surface area is 162 Å². The highest BCUT2D eigenvalue weighted by Crippen LogP contribution is 2.14. The van der Waals surface area contributed by atoms with E-state index >= 15 is 0 Å². The molecule has 3 nitrogen and oxygen atoms in total. The number of rotatable bonds is 10. The number of hydrogen-bond donors (Lipinski definition) is 1. The number of hydrogen-bond acceptors (Lipinski definition) is 3. The molecular formula is C22H30N2OS. The number of nitrogens with zero attached hydrogens (tertiary/aromatic N) is 1. The van der Waals surface area contributed by atoms with Gasteiger partial charge in [-0.15, -0.1) is 11.8 Å². The third-order valence-electron chi connectivity index (χ3n) is 4.47. The van der Waals surface area contributed by atoms with Gasteiger partial charge in [-0.05, 0) is 36.7 Å². The summed E-state index contributed by atoms with van der Waals surface area (Å²) in [6.45, 7) is 10.1. The normalized spacial score (nSPS) is 10.9. The molecule has 2 aromatic rings. The van der Waals surface area contributed by atoms with E-state index in [-0.39, 0.29) is 5.91 Å². The summed E-state index contributed by atoms with van der Waals surface area (Å²) in [5.74, 6) is 1.46. The van der Waals surface area contributed by atoms with Gasteiger partial charge in [-0.1, -0.05) is 67.9 Å².